The molecule has 9 heteroatoms. The number of anilines is 2. The topological polar surface area (TPSA) is 84.0 Å². The van der Waals surface area contributed by atoms with Crippen LogP contribution in [0.15, 0.2) is 36.5 Å². The van der Waals surface area contributed by atoms with Crippen molar-refractivity contribution in [3.05, 3.63) is 68.5 Å². The minimum absolute atomic E-state index is 0.122. The van der Waals surface area contributed by atoms with Gasteiger partial charge in [0.2, 0.25) is 0 Å². The van der Waals surface area contributed by atoms with E-state index in [0.717, 1.165) is 10.6 Å². The number of benzene rings is 1. The Hall–Kier alpha value is -2.48. The van der Waals surface area contributed by atoms with E-state index in [1.54, 1.807) is 24.4 Å². The molecule has 0 fully saturated rings. The number of carbonyl (C=O) groups excluding carboxylic acids is 2. The van der Waals surface area contributed by atoms with Crippen molar-refractivity contribution >= 4 is 57.0 Å². The van der Waals surface area contributed by atoms with Gasteiger partial charge in [0.15, 0.2) is 0 Å². The van der Waals surface area contributed by atoms with E-state index in [0.29, 0.717) is 16.3 Å². The second-order valence-corrected chi connectivity index (χ2v) is 7.69. The number of carbonyl (C=O) groups is 2. The third-order valence-electron chi connectivity index (χ3n) is 3.62. The van der Waals surface area contributed by atoms with Crippen molar-refractivity contribution in [3.63, 3.8) is 0 Å². The highest BCUT2D eigenvalue weighted by Gasteiger charge is 2.14. The Balaban J connectivity index is 1.80. The van der Waals surface area contributed by atoms with Crippen molar-refractivity contribution in [2.45, 2.75) is 13.8 Å². The first-order chi connectivity index (χ1) is 12.8. The standard InChI is InChI=1S/C18H14Cl2N4O2S/c1-9-3-4-12(22-17(25)11-5-14(19)23-15(20)6-11)7-13(9)18(26)24-16-8-21-10(2)27-16/h3-8H,1-2H3,(H,22,25)(H,24,26). The summed E-state index contributed by atoms with van der Waals surface area (Å²) in [7, 11) is 0. The molecule has 0 saturated carbocycles. The molecule has 0 atom stereocenters. The summed E-state index contributed by atoms with van der Waals surface area (Å²) in [6, 6.07) is 7.91. The van der Waals surface area contributed by atoms with Gasteiger partial charge in [-0.05, 0) is 43.7 Å². The molecular formula is C18H14Cl2N4O2S. The molecule has 2 amide bonds. The first kappa shape index (κ1) is 19.3. The zero-order chi connectivity index (χ0) is 19.6. The summed E-state index contributed by atoms with van der Waals surface area (Å²) >= 11 is 13.0. The van der Waals surface area contributed by atoms with E-state index < -0.39 is 5.91 Å². The third-order valence-corrected chi connectivity index (χ3v) is 4.84. The number of amides is 2. The van der Waals surface area contributed by atoms with Crippen LogP contribution in [0.1, 0.15) is 31.3 Å². The second kappa shape index (κ2) is 8.04. The average Bonchev–Trinajstić information content (AvgIpc) is 3.00. The maximum Gasteiger partial charge on any atom is 0.256 e. The maximum atomic E-state index is 12.6. The summed E-state index contributed by atoms with van der Waals surface area (Å²) in [4.78, 5) is 32.9. The van der Waals surface area contributed by atoms with Crippen molar-refractivity contribution in [1.82, 2.24) is 9.97 Å². The minimum Gasteiger partial charge on any atom is -0.322 e. The number of nitrogens with zero attached hydrogens (tertiary/aromatic N) is 2. The van der Waals surface area contributed by atoms with Crippen LogP contribution in [0.3, 0.4) is 0 Å². The number of aryl methyl sites for hydroxylation is 2. The zero-order valence-electron chi connectivity index (χ0n) is 14.3. The van der Waals surface area contributed by atoms with Gasteiger partial charge >= 0.3 is 0 Å². The summed E-state index contributed by atoms with van der Waals surface area (Å²) in [5.41, 5.74) is 1.97. The van der Waals surface area contributed by atoms with Gasteiger partial charge in [-0.2, -0.15) is 0 Å². The lowest BCUT2D eigenvalue weighted by molar-refractivity contribution is 0.101. The van der Waals surface area contributed by atoms with E-state index in [1.807, 2.05) is 13.8 Å². The Morgan fingerprint density at radius 1 is 1.00 bits per heavy atom. The van der Waals surface area contributed by atoms with Crippen molar-refractivity contribution < 1.29 is 9.59 Å². The number of halogens is 2. The van der Waals surface area contributed by atoms with E-state index in [4.69, 9.17) is 23.2 Å². The van der Waals surface area contributed by atoms with Gasteiger partial charge in [0.25, 0.3) is 11.8 Å². The Morgan fingerprint density at radius 2 is 1.70 bits per heavy atom. The van der Waals surface area contributed by atoms with Gasteiger partial charge in [-0.15, -0.1) is 11.3 Å². The van der Waals surface area contributed by atoms with Crippen LogP contribution in [-0.4, -0.2) is 21.8 Å². The Bertz CT molecular complexity index is 1020. The SMILES string of the molecule is Cc1ncc(NC(=O)c2cc(NC(=O)c3cc(Cl)nc(Cl)c3)ccc2C)s1. The van der Waals surface area contributed by atoms with Crippen LogP contribution >= 0.6 is 34.5 Å². The predicted octanol–water partition coefficient (Wildman–Crippen LogP) is 4.97. The van der Waals surface area contributed by atoms with Crippen molar-refractivity contribution in [2.24, 2.45) is 0 Å². The van der Waals surface area contributed by atoms with E-state index in [1.165, 1.54) is 23.5 Å². The molecule has 3 rings (SSSR count). The van der Waals surface area contributed by atoms with E-state index in [9.17, 15) is 9.59 Å². The quantitative estimate of drug-likeness (QED) is 0.583. The molecule has 138 valence electrons. The number of aromatic nitrogens is 2. The summed E-state index contributed by atoms with van der Waals surface area (Å²) in [6.45, 7) is 3.68. The summed E-state index contributed by atoms with van der Waals surface area (Å²) < 4.78 is 0. The number of hydrogen-bond donors (Lipinski definition) is 2. The summed E-state index contributed by atoms with van der Waals surface area (Å²) in [5.74, 6) is -0.684. The first-order valence-corrected chi connectivity index (χ1v) is 9.38. The van der Waals surface area contributed by atoms with Crippen LogP contribution < -0.4 is 10.6 Å². The van der Waals surface area contributed by atoms with Crippen LogP contribution in [0.5, 0.6) is 0 Å². The van der Waals surface area contributed by atoms with E-state index in [2.05, 4.69) is 20.6 Å². The highest BCUT2D eigenvalue weighted by molar-refractivity contribution is 7.15. The summed E-state index contributed by atoms with van der Waals surface area (Å²) in [6.07, 6.45) is 1.61. The monoisotopic (exact) mass is 420 g/mol. The van der Waals surface area contributed by atoms with Crippen LogP contribution in [-0.2, 0) is 0 Å². The molecule has 2 aromatic heterocycles. The van der Waals surface area contributed by atoms with Gasteiger partial charge in [-0.25, -0.2) is 9.97 Å². The van der Waals surface area contributed by atoms with Crippen LogP contribution in [0.4, 0.5) is 10.7 Å². The number of pyridine rings is 1. The highest BCUT2D eigenvalue weighted by atomic mass is 35.5. The molecule has 0 aliphatic heterocycles. The minimum atomic E-state index is -0.408. The lowest BCUT2D eigenvalue weighted by Crippen LogP contribution is -2.15. The van der Waals surface area contributed by atoms with Crippen LogP contribution in [0, 0.1) is 13.8 Å². The number of thiazole rings is 1. The first-order valence-electron chi connectivity index (χ1n) is 7.80. The fourth-order valence-electron chi connectivity index (χ4n) is 2.34. The lowest BCUT2D eigenvalue weighted by atomic mass is 10.1. The fourth-order valence-corrected chi connectivity index (χ4v) is 3.48. The molecule has 0 spiro atoms. The molecule has 0 saturated heterocycles. The van der Waals surface area contributed by atoms with Gasteiger partial charge in [-0.3, -0.25) is 9.59 Å². The molecule has 0 aliphatic rings. The second-order valence-electron chi connectivity index (χ2n) is 5.68. The lowest BCUT2D eigenvalue weighted by Gasteiger charge is -2.10. The van der Waals surface area contributed by atoms with Crippen molar-refractivity contribution in [2.75, 3.05) is 10.6 Å². The van der Waals surface area contributed by atoms with E-state index >= 15 is 0 Å². The Labute approximate surface area is 169 Å². The largest absolute Gasteiger partial charge is 0.322 e. The molecule has 3 aromatic rings. The molecule has 0 unspecified atom stereocenters. The fraction of sp³-hybridized carbons (Fsp3) is 0.111. The van der Waals surface area contributed by atoms with Gasteiger partial charge in [0.1, 0.15) is 15.3 Å². The van der Waals surface area contributed by atoms with Crippen molar-refractivity contribution in [1.29, 1.82) is 0 Å². The maximum absolute atomic E-state index is 12.6. The van der Waals surface area contributed by atoms with Crippen LogP contribution in [0.25, 0.3) is 0 Å². The van der Waals surface area contributed by atoms with Gasteiger partial charge < -0.3 is 10.6 Å². The third kappa shape index (κ3) is 4.82. The molecule has 0 radical (unpaired) electrons. The van der Waals surface area contributed by atoms with Gasteiger partial charge in [0.05, 0.1) is 11.2 Å². The number of nitrogens with one attached hydrogen (secondary N) is 2. The van der Waals surface area contributed by atoms with E-state index in [-0.39, 0.29) is 21.8 Å². The van der Waals surface area contributed by atoms with Crippen LogP contribution in [0.2, 0.25) is 10.3 Å². The smallest absolute Gasteiger partial charge is 0.256 e. The average molecular weight is 421 g/mol. The molecule has 2 heterocycles. The number of rotatable bonds is 4. The Morgan fingerprint density at radius 3 is 2.33 bits per heavy atom. The highest BCUT2D eigenvalue weighted by Crippen LogP contribution is 2.22. The number of hydrogen-bond acceptors (Lipinski definition) is 5. The zero-order valence-corrected chi connectivity index (χ0v) is 16.7. The molecule has 2 N–H and O–H groups in total. The predicted molar refractivity (Wildman–Crippen MR) is 108 cm³/mol. The molecule has 1 aromatic carbocycles. The van der Waals surface area contributed by atoms with Gasteiger partial charge in [0, 0.05) is 16.8 Å². The molecular weight excluding hydrogens is 407 g/mol. The normalized spacial score (nSPS) is 10.5. The van der Waals surface area contributed by atoms with Gasteiger partial charge in [-0.1, -0.05) is 29.3 Å². The molecule has 27 heavy (non-hydrogen) atoms. The molecule has 0 aliphatic carbocycles. The summed E-state index contributed by atoms with van der Waals surface area (Å²) in [5, 5.41) is 7.30. The molecule has 0 bridgehead atoms. The van der Waals surface area contributed by atoms with Crippen molar-refractivity contribution in [3.8, 4) is 0 Å². The molecule has 6 nitrogen and oxygen atoms in total. The Kier molecular flexibility index (Phi) is 5.74.